The van der Waals surface area contributed by atoms with Crippen molar-refractivity contribution in [2.45, 2.75) is 131 Å². The topological polar surface area (TPSA) is 127 Å². The molecule has 0 aliphatic heterocycles. The number of unbranched alkanes of at least 4 members (excludes halogenated alkanes) is 7. The van der Waals surface area contributed by atoms with E-state index in [1.807, 2.05) is 0 Å². The summed E-state index contributed by atoms with van der Waals surface area (Å²) in [5.41, 5.74) is 0. The van der Waals surface area contributed by atoms with Crippen molar-refractivity contribution in [2.24, 2.45) is 17.8 Å². The van der Waals surface area contributed by atoms with E-state index in [1.165, 1.54) is 64.2 Å². The van der Waals surface area contributed by atoms with E-state index in [-0.39, 0.29) is 13.2 Å². The van der Waals surface area contributed by atoms with Crippen LogP contribution in [-0.2, 0) is 29.2 Å². The summed E-state index contributed by atoms with van der Waals surface area (Å²) in [4.78, 5) is 0. The molecule has 0 aliphatic carbocycles. The van der Waals surface area contributed by atoms with Crippen LogP contribution in [0.1, 0.15) is 131 Å². The van der Waals surface area contributed by atoms with E-state index in [1.54, 1.807) is 0 Å². The fraction of sp³-hybridized carbons (Fsp3) is 1.00. The zero-order valence-electron chi connectivity index (χ0n) is 22.9. The SMILES string of the molecule is CCCC(C)CCCCCCCCOS(=O)(=O)O.CCCCCC(C)C(C)CCCOS(=O)(=O)O. The minimum Gasteiger partial charge on any atom is -0.264 e. The van der Waals surface area contributed by atoms with E-state index in [0.29, 0.717) is 24.7 Å². The number of hydrogen-bond acceptors (Lipinski definition) is 6. The molecule has 35 heavy (non-hydrogen) atoms. The van der Waals surface area contributed by atoms with Gasteiger partial charge in [-0.25, -0.2) is 8.37 Å². The zero-order valence-corrected chi connectivity index (χ0v) is 24.5. The number of hydrogen-bond donors (Lipinski definition) is 2. The highest BCUT2D eigenvalue weighted by Gasteiger charge is 2.12. The predicted octanol–water partition coefficient (Wildman–Crippen LogP) is 7.41. The first-order valence-electron chi connectivity index (χ1n) is 13.6. The smallest absolute Gasteiger partial charge is 0.264 e. The molecule has 0 saturated heterocycles. The Bertz CT molecular complexity index is 665. The van der Waals surface area contributed by atoms with Crippen LogP contribution in [0, 0.1) is 17.8 Å². The Morgan fingerprint density at radius 3 is 1.46 bits per heavy atom. The van der Waals surface area contributed by atoms with Gasteiger partial charge in [-0.3, -0.25) is 9.11 Å². The van der Waals surface area contributed by atoms with Crippen molar-refractivity contribution in [3.63, 3.8) is 0 Å². The molecule has 0 heterocycles. The molecule has 10 heteroatoms. The van der Waals surface area contributed by atoms with Crippen molar-refractivity contribution in [3.8, 4) is 0 Å². The lowest BCUT2D eigenvalue weighted by Gasteiger charge is -2.19. The van der Waals surface area contributed by atoms with Gasteiger partial charge in [-0.15, -0.1) is 0 Å². The van der Waals surface area contributed by atoms with Gasteiger partial charge in [0.05, 0.1) is 13.2 Å². The molecule has 3 atom stereocenters. The summed E-state index contributed by atoms with van der Waals surface area (Å²) in [6, 6.07) is 0. The predicted molar refractivity (Wildman–Crippen MR) is 143 cm³/mol. The van der Waals surface area contributed by atoms with Crippen molar-refractivity contribution in [3.05, 3.63) is 0 Å². The maximum Gasteiger partial charge on any atom is 0.397 e. The van der Waals surface area contributed by atoms with Gasteiger partial charge in [0.25, 0.3) is 0 Å². The Labute approximate surface area is 216 Å². The van der Waals surface area contributed by atoms with Gasteiger partial charge in [-0.05, 0) is 37.0 Å². The van der Waals surface area contributed by atoms with E-state index in [2.05, 4.69) is 43.0 Å². The summed E-state index contributed by atoms with van der Waals surface area (Å²) in [5, 5.41) is 0. The van der Waals surface area contributed by atoms with Crippen LogP contribution in [0.3, 0.4) is 0 Å². The first kappa shape index (κ1) is 36.9. The van der Waals surface area contributed by atoms with Gasteiger partial charge in [-0.2, -0.15) is 16.8 Å². The average molecular weight is 547 g/mol. The average Bonchev–Trinajstić information content (AvgIpc) is 2.74. The van der Waals surface area contributed by atoms with E-state index in [4.69, 9.17) is 9.11 Å². The summed E-state index contributed by atoms with van der Waals surface area (Å²) < 4.78 is 66.4. The molecule has 0 aliphatic rings. The van der Waals surface area contributed by atoms with Gasteiger partial charge in [0, 0.05) is 0 Å². The van der Waals surface area contributed by atoms with Crippen molar-refractivity contribution >= 4 is 20.8 Å². The van der Waals surface area contributed by atoms with E-state index in [9.17, 15) is 16.8 Å². The second kappa shape index (κ2) is 22.9. The Balaban J connectivity index is 0. The zero-order chi connectivity index (χ0) is 27.2. The van der Waals surface area contributed by atoms with Crippen LogP contribution in [-0.4, -0.2) is 39.2 Å². The van der Waals surface area contributed by atoms with Gasteiger partial charge in [0.1, 0.15) is 0 Å². The Morgan fingerprint density at radius 1 is 0.543 bits per heavy atom. The fourth-order valence-corrected chi connectivity index (χ4v) is 4.62. The van der Waals surface area contributed by atoms with E-state index >= 15 is 0 Å². The standard InChI is InChI=1S/C13H28O4S.C12H26O4S/c1-3-10-13(2)11-8-6-4-5-7-9-12-17-18(14,15)16;1-4-5-6-8-11(2)12(3)9-7-10-16-17(13,14)15/h13H,3-12H2,1-2H3,(H,14,15,16);11-12H,4-10H2,1-3H3,(H,13,14,15). The van der Waals surface area contributed by atoms with Gasteiger partial charge >= 0.3 is 20.8 Å². The van der Waals surface area contributed by atoms with Crippen LogP contribution in [0.4, 0.5) is 0 Å². The van der Waals surface area contributed by atoms with E-state index in [0.717, 1.165) is 25.2 Å². The first-order valence-corrected chi connectivity index (χ1v) is 16.3. The van der Waals surface area contributed by atoms with Crippen molar-refractivity contribution in [1.82, 2.24) is 0 Å². The van der Waals surface area contributed by atoms with Crippen molar-refractivity contribution < 1.29 is 34.3 Å². The minimum absolute atomic E-state index is 0.0743. The molecule has 0 aromatic heterocycles. The monoisotopic (exact) mass is 546 g/mol. The lowest BCUT2D eigenvalue weighted by Crippen LogP contribution is -2.11. The third-order valence-corrected chi connectivity index (χ3v) is 7.30. The highest BCUT2D eigenvalue weighted by molar-refractivity contribution is 7.81. The second-order valence-corrected chi connectivity index (χ2v) is 12.1. The van der Waals surface area contributed by atoms with Crippen LogP contribution in [0.15, 0.2) is 0 Å². The summed E-state index contributed by atoms with van der Waals surface area (Å²) >= 11 is 0. The Morgan fingerprint density at radius 2 is 0.971 bits per heavy atom. The molecular weight excluding hydrogens is 492 g/mol. The molecule has 2 N–H and O–H groups in total. The summed E-state index contributed by atoms with van der Waals surface area (Å²) in [5.74, 6) is 2.07. The molecule has 8 nitrogen and oxygen atoms in total. The fourth-order valence-electron chi connectivity index (χ4n) is 3.96. The Kier molecular flexibility index (Phi) is 24.1. The highest BCUT2D eigenvalue weighted by Crippen LogP contribution is 2.22. The largest absolute Gasteiger partial charge is 0.397 e. The molecule has 0 fully saturated rings. The number of rotatable bonds is 22. The molecule has 0 spiro atoms. The van der Waals surface area contributed by atoms with Crippen molar-refractivity contribution in [2.75, 3.05) is 13.2 Å². The van der Waals surface area contributed by atoms with Gasteiger partial charge in [0.15, 0.2) is 0 Å². The third kappa shape index (κ3) is 31.7. The third-order valence-electron chi connectivity index (χ3n) is 6.38. The van der Waals surface area contributed by atoms with E-state index < -0.39 is 20.8 Å². The lowest BCUT2D eigenvalue weighted by molar-refractivity contribution is 0.243. The molecule has 0 aromatic rings. The summed E-state index contributed by atoms with van der Waals surface area (Å²) in [7, 11) is -8.50. The van der Waals surface area contributed by atoms with Gasteiger partial charge in [-0.1, -0.05) is 112 Å². The Hall–Kier alpha value is -0.260. The summed E-state index contributed by atoms with van der Waals surface area (Å²) in [6.45, 7) is 11.3. The molecule has 0 amide bonds. The highest BCUT2D eigenvalue weighted by atomic mass is 32.3. The maximum atomic E-state index is 10.3. The molecule has 0 bridgehead atoms. The van der Waals surface area contributed by atoms with Crippen LogP contribution >= 0.6 is 0 Å². The van der Waals surface area contributed by atoms with Gasteiger partial charge < -0.3 is 0 Å². The van der Waals surface area contributed by atoms with Crippen LogP contribution in [0.2, 0.25) is 0 Å². The molecule has 3 unspecified atom stereocenters. The van der Waals surface area contributed by atoms with Crippen molar-refractivity contribution in [1.29, 1.82) is 0 Å². The summed E-state index contributed by atoms with van der Waals surface area (Å²) in [6.07, 6.45) is 17.0. The van der Waals surface area contributed by atoms with Gasteiger partial charge in [0.2, 0.25) is 0 Å². The van der Waals surface area contributed by atoms with Crippen LogP contribution < -0.4 is 0 Å². The minimum atomic E-state index is -4.26. The quantitative estimate of drug-likeness (QED) is 0.106. The van der Waals surface area contributed by atoms with Crippen LogP contribution in [0.5, 0.6) is 0 Å². The lowest BCUT2D eigenvalue weighted by atomic mass is 9.87. The molecule has 0 saturated carbocycles. The van der Waals surface area contributed by atoms with Crippen LogP contribution in [0.25, 0.3) is 0 Å². The molecule has 0 radical (unpaired) electrons. The molecule has 0 rings (SSSR count). The first-order chi connectivity index (χ1) is 16.3. The second-order valence-electron chi connectivity index (χ2n) is 9.90. The maximum absolute atomic E-state index is 10.3. The normalized spacial score (nSPS) is 14.7. The molecule has 0 aromatic carbocycles. The molecule has 214 valence electrons. The molecular formula is C25H54O8S2.